The Bertz CT molecular complexity index is 1440. The minimum atomic E-state index is -0.770. The lowest BCUT2D eigenvalue weighted by atomic mass is 9.85. The zero-order valence-electron chi connectivity index (χ0n) is 29.0. The van der Waals surface area contributed by atoms with Crippen LogP contribution >= 0.6 is 0 Å². The molecule has 0 radical (unpaired) electrons. The van der Waals surface area contributed by atoms with E-state index in [2.05, 4.69) is 6.92 Å². The van der Waals surface area contributed by atoms with Crippen molar-refractivity contribution >= 4 is 35.6 Å². The van der Waals surface area contributed by atoms with E-state index < -0.39 is 28.9 Å². The van der Waals surface area contributed by atoms with Gasteiger partial charge in [0.2, 0.25) is 0 Å². The lowest BCUT2D eigenvalue weighted by Gasteiger charge is -2.19. The number of benzene rings is 2. The fourth-order valence-electron chi connectivity index (χ4n) is 4.41. The Balaban J connectivity index is 1.99. The Morgan fingerprint density at radius 3 is 2.11 bits per heavy atom. The van der Waals surface area contributed by atoms with Crippen molar-refractivity contribution in [2.24, 2.45) is 5.41 Å². The first-order valence-corrected chi connectivity index (χ1v) is 16.1. The molecular formula is C38H49O9+. The van der Waals surface area contributed by atoms with Crippen molar-refractivity contribution < 1.29 is 42.9 Å². The quantitative estimate of drug-likeness (QED) is 0.0416. The van der Waals surface area contributed by atoms with Gasteiger partial charge in [-0.3, -0.25) is 14.4 Å². The van der Waals surface area contributed by atoms with Crippen LogP contribution in [0.15, 0.2) is 42.5 Å². The van der Waals surface area contributed by atoms with Gasteiger partial charge in [-0.05, 0) is 69.2 Å². The van der Waals surface area contributed by atoms with E-state index >= 15 is 0 Å². The van der Waals surface area contributed by atoms with Gasteiger partial charge in [-0.1, -0.05) is 59.4 Å². The van der Waals surface area contributed by atoms with Crippen molar-refractivity contribution in [2.45, 2.75) is 105 Å². The molecule has 0 saturated heterocycles. The molecule has 0 aromatic heterocycles. The molecule has 0 aliphatic carbocycles. The number of unbranched alkanes of at least 4 members (excludes halogenated alkanes) is 4. The van der Waals surface area contributed by atoms with Gasteiger partial charge in [-0.15, -0.1) is 0 Å². The lowest BCUT2D eigenvalue weighted by Crippen LogP contribution is -2.22. The summed E-state index contributed by atoms with van der Waals surface area (Å²) in [6, 6.07) is 9.35. The minimum absolute atomic E-state index is 0.0217. The molecule has 0 bridgehead atoms. The summed E-state index contributed by atoms with van der Waals surface area (Å²) in [6.45, 7) is 12.7. The highest BCUT2D eigenvalue weighted by molar-refractivity contribution is 6.05. The zero-order valence-corrected chi connectivity index (χ0v) is 29.0. The largest absolute Gasteiger partial charge is 0.501 e. The van der Waals surface area contributed by atoms with Crippen LogP contribution in [0.4, 0.5) is 0 Å². The van der Waals surface area contributed by atoms with Gasteiger partial charge >= 0.3 is 17.9 Å². The molecule has 0 N–H and O–H groups in total. The maximum atomic E-state index is 13.2. The molecule has 9 heteroatoms. The number of hydrogen-bond donors (Lipinski definition) is 0. The Hall–Kier alpha value is -4.40. The standard InChI is InChI=1S/C38H49O9/c1-9-10-11-12-13-15-29(39)27-20-22-30(28(25-27)36(43)37(2,3)4)45-33(40)16-14-17-34(41)46-31-21-18-26(24-32(31)44-8)19-23-35(42)47-38(5,6)7/h17-25H,9-16H2,1-8H3/q+1/b23-19+. The zero-order chi connectivity index (χ0) is 35.2. The maximum absolute atomic E-state index is 13.2. The molecular weight excluding hydrogens is 600 g/mol. The average Bonchev–Trinajstić information content (AvgIpc) is 2.98. The van der Waals surface area contributed by atoms with Crippen LogP contribution in [0.5, 0.6) is 17.2 Å². The smallest absolute Gasteiger partial charge is 0.493 e. The van der Waals surface area contributed by atoms with Gasteiger partial charge in [0.25, 0.3) is 0 Å². The molecule has 0 fully saturated rings. The molecule has 0 amide bonds. The predicted octanol–water partition coefficient (Wildman–Crippen LogP) is 8.32. The van der Waals surface area contributed by atoms with Crippen LogP contribution in [0, 0.1) is 11.8 Å². The van der Waals surface area contributed by atoms with Gasteiger partial charge in [0.15, 0.2) is 29.5 Å². The average molecular weight is 650 g/mol. The fourth-order valence-corrected chi connectivity index (χ4v) is 4.41. The number of rotatable bonds is 17. The summed E-state index contributed by atoms with van der Waals surface area (Å²) in [7, 11) is 1.42. The van der Waals surface area contributed by atoms with Crippen molar-refractivity contribution in [1.82, 2.24) is 0 Å². The molecule has 2 aromatic rings. The first-order valence-electron chi connectivity index (χ1n) is 16.1. The summed E-state index contributed by atoms with van der Waals surface area (Å²) in [5, 5.41) is 0. The molecule has 0 aliphatic rings. The van der Waals surface area contributed by atoms with E-state index in [1.165, 1.54) is 37.8 Å². The van der Waals surface area contributed by atoms with Crippen molar-refractivity contribution in [3.8, 4) is 17.2 Å². The van der Waals surface area contributed by atoms with Gasteiger partial charge in [0.05, 0.1) is 19.1 Å². The highest BCUT2D eigenvalue weighted by Gasteiger charge is 2.28. The molecule has 0 aliphatic heterocycles. The topological polar surface area (TPSA) is 122 Å². The van der Waals surface area contributed by atoms with Crippen LogP contribution in [0.3, 0.4) is 0 Å². The summed E-state index contributed by atoms with van der Waals surface area (Å²) in [5.41, 5.74) is -0.176. The lowest BCUT2D eigenvalue weighted by molar-refractivity contribution is -0.148. The third kappa shape index (κ3) is 13.9. The summed E-state index contributed by atoms with van der Waals surface area (Å²) in [4.78, 5) is 63.2. The number of ketones is 2. The van der Waals surface area contributed by atoms with Crippen molar-refractivity contribution in [3.63, 3.8) is 0 Å². The number of carbonyl (C=O) groups excluding carboxylic acids is 5. The van der Waals surface area contributed by atoms with Crippen LogP contribution in [-0.2, 0) is 19.1 Å². The van der Waals surface area contributed by atoms with Gasteiger partial charge in [0, 0.05) is 23.5 Å². The third-order valence-corrected chi connectivity index (χ3v) is 6.83. The van der Waals surface area contributed by atoms with E-state index in [9.17, 15) is 24.0 Å². The van der Waals surface area contributed by atoms with Crippen molar-refractivity contribution in [3.05, 3.63) is 65.6 Å². The van der Waals surface area contributed by atoms with E-state index in [1.54, 1.807) is 65.8 Å². The fraction of sp³-hybridized carbons (Fsp3) is 0.474. The van der Waals surface area contributed by atoms with E-state index in [1.807, 2.05) is 0 Å². The number of ether oxygens (including phenoxy) is 4. The van der Waals surface area contributed by atoms with Crippen molar-refractivity contribution in [1.29, 1.82) is 0 Å². The Morgan fingerprint density at radius 1 is 0.787 bits per heavy atom. The first kappa shape index (κ1) is 38.8. The summed E-state index contributed by atoms with van der Waals surface area (Å²) >= 11 is 0. The van der Waals surface area contributed by atoms with E-state index in [4.69, 9.17) is 18.9 Å². The van der Waals surface area contributed by atoms with E-state index in [0.29, 0.717) is 17.5 Å². The van der Waals surface area contributed by atoms with E-state index in [-0.39, 0.29) is 47.2 Å². The summed E-state index contributed by atoms with van der Waals surface area (Å²) in [6.07, 6.45) is 9.42. The molecule has 47 heavy (non-hydrogen) atoms. The minimum Gasteiger partial charge on any atom is -0.493 e. The van der Waals surface area contributed by atoms with Crippen LogP contribution in [0.1, 0.15) is 126 Å². The van der Waals surface area contributed by atoms with Crippen LogP contribution < -0.4 is 14.2 Å². The second-order valence-electron chi connectivity index (χ2n) is 13.3. The highest BCUT2D eigenvalue weighted by Crippen LogP contribution is 2.31. The normalized spacial score (nSPS) is 11.6. The van der Waals surface area contributed by atoms with Gasteiger partial charge < -0.3 is 18.9 Å². The first-order chi connectivity index (χ1) is 22.0. The number of carbonyl (C=O) groups is 5. The van der Waals surface area contributed by atoms with Crippen LogP contribution in [0.25, 0.3) is 6.08 Å². The van der Waals surface area contributed by atoms with Gasteiger partial charge in [-0.2, -0.15) is 4.79 Å². The number of methoxy groups -OCH3 is 1. The molecule has 0 saturated carbocycles. The van der Waals surface area contributed by atoms with Gasteiger partial charge in [0.1, 0.15) is 17.8 Å². The molecule has 0 atom stereocenters. The summed E-state index contributed by atoms with van der Waals surface area (Å²) < 4.78 is 21.5. The number of Topliss-reactive ketones (excluding diaryl/α,β-unsaturated/α-hetero) is 2. The molecule has 0 heterocycles. The Morgan fingerprint density at radius 2 is 1.47 bits per heavy atom. The highest BCUT2D eigenvalue weighted by atomic mass is 16.6. The van der Waals surface area contributed by atoms with Gasteiger partial charge in [-0.25, -0.2) is 4.79 Å². The third-order valence-electron chi connectivity index (χ3n) is 6.83. The van der Waals surface area contributed by atoms with E-state index in [0.717, 1.165) is 32.1 Å². The molecule has 9 nitrogen and oxygen atoms in total. The second-order valence-corrected chi connectivity index (χ2v) is 13.3. The monoisotopic (exact) mass is 649 g/mol. The summed E-state index contributed by atoms with van der Waals surface area (Å²) in [5.74, 6) is -1.65. The molecule has 2 aromatic carbocycles. The van der Waals surface area contributed by atoms with Crippen LogP contribution in [0.2, 0.25) is 0 Å². The maximum Gasteiger partial charge on any atom is 0.501 e. The molecule has 2 rings (SSSR count). The number of hydrogen-bond acceptors (Lipinski definition) is 9. The predicted molar refractivity (Wildman–Crippen MR) is 181 cm³/mol. The SMILES string of the molecule is CCCCCCCC(=O)c1ccc(OC(=O)CC[CH+]C(=O)Oc2ccc(/C=C/C(=O)OC(C)(C)C)cc2OC)c(C(=O)C(C)(C)C)c1. The molecule has 0 unspecified atom stereocenters. The number of esters is 3. The molecule has 0 spiro atoms. The molecule has 254 valence electrons. The Kier molecular flexibility index (Phi) is 14.9. The van der Waals surface area contributed by atoms with Crippen LogP contribution in [-0.4, -0.2) is 42.2 Å². The van der Waals surface area contributed by atoms with Crippen molar-refractivity contribution in [2.75, 3.05) is 7.11 Å². The second kappa shape index (κ2) is 18.1. The Labute approximate surface area is 279 Å².